The van der Waals surface area contributed by atoms with Crippen LogP contribution in [0.5, 0.6) is 0 Å². The van der Waals surface area contributed by atoms with E-state index in [4.69, 9.17) is 4.74 Å². The molecule has 1 aromatic rings. The van der Waals surface area contributed by atoms with E-state index in [1.807, 2.05) is 20.8 Å². The van der Waals surface area contributed by atoms with E-state index >= 15 is 0 Å². The number of nitro benzene ring substituents is 1. The summed E-state index contributed by atoms with van der Waals surface area (Å²) in [5.41, 5.74) is 0.635. The molecule has 0 unspecified atom stereocenters. The number of carbonyl (C=O) groups excluding carboxylic acids is 1. The molecule has 1 atom stereocenters. The average Bonchev–Trinajstić information content (AvgIpc) is 2.48. The van der Waals surface area contributed by atoms with Crippen molar-refractivity contribution in [3.8, 4) is 0 Å². The molecule has 0 aromatic heterocycles. The molecule has 2 rings (SSSR count). The first-order valence-corrected chi connectivity index (χ1v) is 8.11. The number of ether oxygens (including phenoxy) is 1. The van der Waals surface area contributed by atoms with E-state index in [0.717, 1.165) is 12.1 Å². The summed E-state index contributed by atoms with van der Waals surface area (Å²) in [6.45, 7) is 10.3. The monoisotopic (exact) mass is 335 g/mol. The second kappa shape index (κ2) is 7.17. The van der Waals surface area contributed by atoms with Gasteiger partial charge in [0, 0.05) is 44.4 Å². The van der Waals surface area contributed by atoms with Gasteiger partial charge in [-0.1, -0.05) is 12.1 Å². The smallest absolute Gasteiger partial charge is 0.410 e. The molecule has 1 fully saturated rings. The Bertz CT molecular complexity index is 595. The van der Waals surface area contributed by atoms with Gasteiger partial charge in [-0.05, 0) is 33.3 Å². The van der Waals surface area contributed by atoms with Crippen LogP contribution in [0, 0.1) is 10.1 Å². The molecule has 24 heavy (non-hydrogen) atoms. The lowest BCUT2D eigenvalue weighted by Gasteiger charge is -2.40. The second-order valence-electron chi connectivity index (χ2n) is 7.17. The van der Waals surface area contributed by atoms with Crippen molar-refractivity contribution >= 4 is 11.8 Å². The molecule has 1 amide bonds. The van der Waals surface area contributed by atoms with Crippen LogP contribution in [0.4, 0.5) is 10.5 Å². The third-order valence-electron chi connectivity index (χ3n) is 3.95. The maximum atomic E-state index is 12.1. The number of carbonyl (C=O) groups is 1. The topological polar surface area (TPSA) is 75.9 Å². The van der Waals surface area contributed by atoms with Gasteiger partial charge in [0.2, 0.25) is 0 Å². The standard InChI is InChI=1S/C17H25N3O4/c1-13-11-19(16(21)24-17(2,3)4)10-9-18(13)12-14-5-7-15(8-6-14)20(22)23/h5-8,13H,9-12H2,1-4H3/t13-/m1/s1. The summed E-state index contributed by atoms with van der Waals surface area (Å²) in [4.78, 5) is 26.5. The summed E-state index contributed by atoms with van der Waals surface area (Å²) in [5.74, 6) is 0. The molecular formula is C17H25N3O4. The van der Waals surface area contributed by atoms with Gasteiger partial charge in [0.1, 0.15) is 5.60 Å². The van der Waals surface area contributed by atoms with Crippen LogP contribution in [-0.4, -0.2) is 52.1 Å². The largest absolute Gasteiger partial charge is 0.444 e. The summed E-state index contributed by atoms with van der Waals surface area (Å²) in [6, 6.07) is 6.81. The molecule has 1 heterocycles. The summed E-state index contributed by atoms with van der Waals surface area (Å²) >= 11 is 0. The normalized spacial score (nSPS) is 19.2. The number of nitro groups is 1. The van der Waals surface area contributed by atoms with E-state index in [2.05, 4.69) is 11.8 Å². The highest BCUT2D eigenvalue weighted by molar-refractivity contribution is 5.68. The fraction of sp³-hybridized carbons (Fsp3) is 0.588. The predicted molar refractivity (Wildman–Crippen MR) is 90.8 cm³/mol. The zero-order valence-corrected chi connectivity index (χ0v) is 14.7. The second-order valence-corrected chi connectivity index (χ2v) is 7.17. The first-order valence-electron chi connectivity index (χ1n) is 8.11. The lowest BCUT2D eigenvalue weighted by Crippen LogP contribution is -2.54. The number of amides is 1. The minimum atomic E-state index is -0.490. The van der Waals surface area contributed by atoms with Crippen molar-refractivity contribution in [2.24, 2.45) is 0 Å². The molecule has 0 N–H and O–H groups in total. The molecule has 7 nitrogen and oxygen atoms in total. The molecule has 132 valence electrons. The van der Waals surface area contributed by atoms with E-state index in [-0.39, 0.29) is 17.8 Å². The fourth-order valence-corrected chi connectivity index (χ4v) is 2.68. The molecule has 1 saturated heterocycles. The molecule has 1 aliphatic rings. The van der Waals surface area contributed by atoms with Crippen LogP contribution in [0.2, 0.25) is 0 Å². The number of benzene rings is 1. The minimum Gasteiger partial charge on any atom is -0.444 e. The maximum absolute atomic E-state index is 12.1. The van der Waals surface area contributed by atoms with Crippen LogP contribution < -0.4 is 0 Å². The Hall–Kier alpha value is -2.15. The number of hydrogen-bond donors (Lipinski definition) is 0. The van der Waals surface area contributed by atoms with Crippen LogP contribution in [0.1, 0.15) is 33.3 Å². The van der Waals surface area contributed by atoms with Crippen molar-refractivity contribution < 1.29 is 14.5 Å². The molecule has 0 aliphatic carbocycles. The lowest BCUT2D eigenvalue weighted by molar-refractivity contribution is -0.384. The maximum Gasteiger partial charge on any atom is 0.410 e. The first-order chi connectivity index (χ1) is 11.2. The Morgan fingerprint density at radius 2 is 1.92 bits per heavy atom. The quantitative estimate of drug-likeness (QED) is 0.627. The number of piperazine rings is 1. The van der Waals surface area contributed by atoms with Gasteiger partial charge in [0.05, 0.1) is 4.92 Å². The predicted octanol–water partition coefficient (Wildman–Crippen LogP) is 3.04. The summed E-state index contributed by atoms with van der Waals surface area (Å²) < 4.78 is 5.42. The zero-order chi connectivity index (χ0) is 17.9. The highest BCUT2D eigenvalue weighted by atomic mass is 16.6. The molecule has 1 aromatic carbocycles. The number of rotatable bonds is 3. The van der Waals surface area contributed by atoms with Gasteiger partial charge in [-0.15, -0.1) is 0 Å². The molecule has 0 radical (unpaired) electrons. The third-order valence-corrected chi connectivity index (χ3v) is 3.95. The molecule has 1 aliphatic heterocycles. The van der Waals surface area contributed by atoms with Crippen molar-refractivity contribution in [2.75, 3.05) is 19.6 Å². The lowest BCUT2D eigenvalue weighted by atomic mass is 10.1. The highest BCUT2D eigenvalue weighted by Crippen LogP contribution is 2.18. The van der Waals surface area contributed by atoms with Crippen LogP contribution in [0.3, 0.4) is 0 Å². The van der Waals surface area contributed by atoms with Gasteiger partial charge in [0.25, 0.3) is 5.69 Å². The minimum absolute atomic E-state index is 0.0987. The molecule has 7 heteroatoms. The van der Waals surface area contributed by atoms with Crippen LogP contribution in [0.25, 0.3) is 0 Å². The fourth-order valence-electron chi connectivity index (χ4n) is 2.68. The van der Waals surface area contributed by atoms with Crippen molar-refractivity contribution in [3.63, 3.8) is 0 Å². The Labute approximate surface area is 142 Å². The molecule has 0 saturated carbocycles. The summed E-state index contributed by atoms with van der Waals surface area (Å²) in [6.07, 6.45) is -0.274. The van der Waals surface area contributed by atoms with E-state index in [9.17, 15) is 14.9 Å². The van der Waals surface area contributed by atoms with Crippen molar-refractivity contribution in [3.05, 3.63) is 39.9 Å². The summed E-state index contributed by atoms with van der Waals surface area (Å²) in [7, 11) is 0. The molecule has 0 bridgehead atoms. The number of non-ortho nitro benzene ring substituents is 1. The van der Waals surface area contributed by atoms with Gasteiger partial charge in [0.15, 0.2) is 0 Å². The van der Waals surface area contributed by atoms with E-state index in [1.165, 1.54) is 12.1 Å². The zero-order valence-electron chi connectivity index (χ0n) is 14.7. The molecule has 0 spiro atoms. The van der Waals surface area contributed by atoms with E-state index < -0.39 is 10.5 Å². The Balaban J connectivity index is 1.91. The van der Waals surface area contributed by atoms with Gasteiger partial charge in [-0.25, -0.2) is 4.79 Å². The Morgan fingerprint density at radius 3 is 2.42 bits per heavy atom. The third kappa shape index (κ3) is 4.92. The summed E-state index contributed by atoms with van der Waals surface area (Å²) in [5, 5.41) is 10.7. The molecular weight excluding hydrogens is 310 g/mol. The van der Waals surface area contributed by atoms with Gasteiger partial charge < -0.3 is 9.64 Å². The van der Waals surface area contributed by atoms with Crippen LogP contribution in [0.15, 0.2) is 24.3 Å². The average molecular weight is 335 g/mol. The van der Waals surface area contributed by atoms with Gasteiger partial charge in [-0.2, -0.15) is 0 Å². The van der Waals surface area contributed by atoms with Crippen LogP contribution in [-0.2, 0) is 11.3 Å². The van der Waals surface area contributed by atoms with Crippen molar-refractivity contribution in [1.29, 1.82) is 0 Å². The van der Waals surface area contributed by atoms with E-state index in [1.54, 1.807) is 17.0 Å². The number of nitrogens with zero attached hydrogens (tertiary/aromatic N) is 3. The Kier molecular flexibility index (Phi) is 5.43. The van der Waals surface area contributed by atoms with Crippen molar-refractivity contribution in [1.82, 2.24) is 9.80 Å². The van der Waals surface area contributed by atoms with Crippen LogP contribution >= 0.6 is 0 Å². The number of hydrogen-bond acceptors (Lipinski definition) is 5. The SMILES string of the molecule is C[C@@H]1CN(C(=O)OC(C)(C)C)CCN1Cc1ccc([N+](=O)[O-])cc1. The van der Waals surface area contributed by atoms with E-state index in [0.29, 0.717) is 19.6 Å². The van der Waals surface area contributed by atoms with Gasteiger partial charge in [-0.3, -0.25) is 15.0 Å². The van der Waals surface area contributed by atoms with Gasteiger partial charge >= 0.3 is 6.09 Å². The van der Waals surface area contributed by atoms with Crippen molar-refractivity contribution in [2.45, 2.75) is 45.9 Å². The first kappa shape index (κ1) is 18.2. The highest BCUT2D eigenvalue weighted by Gasteiger charge is 2.29. The Morgan fingerprint density at radius 1 is 1.29 bits per heavy atom.